The summed E-state index contributed by atoms with van der Waals surface area (Å²) in [5, 5.41) is 8.52. The van der Waals surface area contributed by atoms with Gasteiger partial charge in [-0.15, -0.1) is 0 Å². The Morgan fingerprint density at radius 2 is 2.40 bits per heavy atom. The highest BCUT2D eigenvalue weighted by Crippen LogP contribution is 1.94. The largest absolute Gasteiger partial charge is 0.466 e. The summed E-state index contributed by atoms with van der Waals surface area (Å²) in [5.74, 6) is -0.376. The van der Waals surface area contributed by atoms with Gasteiger partial charge in [0.25, 0.3) is 0 Å². The van der Waals surface area contributed by atoms with Crippen LogP contribution in [0.15, 0.2) is 12.2 Å². The Balaban J connectivity index is 3.63. The van der Waals surface area contributed by atoms with Gasteiger partial charge in [0.15, 0.2) is 0 Å². The minimum Gasteiger partial charge on any atom is -0.466 e. The number of aliphatic hydroxyl groups excluding tert-OH is 1. The number of hydrogen-bond donors (Lipinski definition) is 1. The van der Waals surface area contributed by atoms with E-state index in [4.69, 9.17) is 5.11 Å². The Hall–Kier alpha value is -0.830. The van der Waals surface area contributed by atoms with Crippen LogP contribution in [0, 0.1) is 5.92 Å². The van der Waals surface area contributed by atoms with E-state index < -0.39 is 0 Å². The summed E-state index contributed by atoms with van der Waals surface area (Å²) in [7, 11) is 1.32. The van der Waals surface area contributed by atoms with Crippen molar-refractivity contribution in [3.8, 4) is 0 Å². The van der Waals surface area contributed by atoms with Crippen molar-refractivity contribution >= 4 is 5.97 Å². The minimum atomic E-state index is -0.389. The Morgan fingerprint density at radius 1 is 1.80 bits per heavy atom. The highest BCUT2D eigenvalue weighted by Gasteiger charge is 1.94. The van der Waals surface area contributed by atoms with Gasteiger partial charge in [-0.25, -0.2) is 4.79 Å². The fraction of sp³-hybridized carbons (Fsp3) is 0.571. The van der Waals surface area contributed by atoms with Gasteiger partial charge in [0, 0.05) is 12.7 Å². The summed E-state index contributed by atoms with van der Waals surface area (Å²) in [6, 6.07) is 0. The zero-order chi connectivity index (χ0) is 7.98. The van der Waals surface area contributed by atoms with E-state index in [9.17, 15) is 4.79 Å². The van der Waals surface area contributed by atoms with Gasteiger partial charge < -0.3 is 9.84 Å². The smallest absolute Gasteiger partial charge is 0.330 e. The van der Waals surface area contributed by atoms with Crippen molar-refractivity contribution in [2.75, 3.05) is 13.7 Å². The van der Waals surface area contributed by atoms with Crippen LogP contribution in [0.1, 0.15) is 6.92 Å². The van der Waals surface area contributed by atoms with Gasteiger partial charge in [0.1, 0.15) is 0 Å². The lowest BCUT2D eigenvalue weighted by Crippen LogP contribution is -1.99. The molecule has 0 saturated carbocycles. The SMILES string of the molecule is COC(=O)/C=C/[C@H](C)CO. The molecule has 58 valence electrons. The molecule has 0 aliphatic rings. The first-order valence-electron chi connectivity index (χ1n) is 3.07. The van der Waals surface area contributed by atoms with Crippen LogP contribution in [0.3, 0.4) is 0 Å². The maximum absolute atomic E-state index is 10.4. The third kappa shape index (κ3) is 4.09. The molecule has 10 heavy (non-hydrogen) atoms. The first-order chi connectivity index (χ1) is 4.70. The lowest BCUT2D eigenvalue weighted by atomic mass is 10.2. The number of rotatable bonds is 3. The molecule has 0 rings (SSSR count). The van der Waals surface area contributed by atoms with Gasteiger partial charge >= 0.3 is 5.97 Å². The van der Waals surface area contributed by atoms with Crippen LogP contribution in [0.4, 0.5) is 0 Å². The van der Waals surface area contributed by atoms with Crippen molar-refractivity contribution in [3.63, 3.8) is 0 Å². The fourth-order valence-electron chi connectivity index (χ4n) is 0.372. The van der Waals surface area contributed by atoms with Crippen LogP contribution >= 0.6 is 0 Å². The molecule has 0 spiro atoms. The van der Waals surface area contributed by atoms with Crippen LogP contribution in [0.5, 0.6) is 0 Å². The molecule has 1 N–H and O–H groups in total. The molecule has 0 aromatic rings. The monoisotopic (exact) mass is 144 g/mol. The number of carbonyl (C=O) groups is 1. The van der Waals surface area contributed by atoms with Crippen LogP contribution in [0.2, 0.25) is 0 Å². The predicted molar refractivity (Wildman–Crippen MR) is 37.4 cm³/mol. The lowest BCUT2D eigenvalue weighted by Gasteiger charge is -1.97. The van der Waals surface area contributed by atoms with Crippen molar-refractivity contribution in [3.05, 3.63) is 12.2 Å². The first kappa shape index (κ1) is 9.17. The summed E-state index contributed by atoms with van der Waals surface area (Å²) < 4.78 is 4.34. The van der Waals surface area contributed by atoms with E-state index >= 15 is 0 Å². The van der Waals surface area contributed by atoms with E-state index in [0.29, 0.717) is 0 Å². The van der Waals surface area contributed by atoms with Gasteiger partial charge in [-0.3, -0.25) is 0 Å². The van der Waals surface area contributed by atoms with Gasteiger partial charge in [-0.05, 0) is 5.92 Å². The molecule has 0 saturated heterocycles. The van der Waals surface area contributed by atoms with Gasteiger partial charge in [-0.1, -0.05) is 13.0 Å². The zero-order valence-electron chi connectivity index (χ0n) is 6.20. The maximum Gasteiger partial charge on any atom is 0.330 e. The van der Waals surface area contributed by atoms with Crippen molar-refractivity contribution in [1.29, 1.82) is 0 Å². The zero-order valence-corrected chi connectivity index (χ0v) is 6.20. The standard InChI is InChI=1S/C7H12O3/c1-6(5-8)3-4-7(9)10-2/h3-4,6,8H,5H2,1-2H3/b4-3+/t6-/m0/s1. The number of carbonyl (C=O) groups excluding carboxylic acids is 1. The Bertz CT molecular complexity index is 129. The summed E-state index contributed by atoms with van der Waals surface area (Å²) in [5.41, 5.74) is 0. The van der Waals surface area contributed by atoms with Crippen molar-refractivity contribution in [1.82, 2.24) is 0 Å². The van der Waals surface area contributed by atoms with E-state index in [0.717, 1.165) is 0 Å². The molecule has 0 amide bonds. The second-order valence-corrected chi connectivity index (χ2v) is 2.04. The molecule has 0 radical (unpaired) electrons. The minimum absolute atomic E-state index is 0.0131. The van der Waals surface area contributed by atoms with E-state index in [2.05, 4.69) is 4.74 Å². The average Bonchev–Trinajstić information content (AvgIpc) is 1.99. The molecular formula is C7H12O3. The Kier molecular flexibility index (Phi) is 4.58. The molecule has 0 heterocycles. The third-order valence-corrected chi connectivity index (χ3v) is 1.05. The normalized spacial score (nSPS) is 13.5. The topological polar surface area (TPSA) is 46.5 Å². The van der Waals surface area contributed by atoms with Crippen LogP contribution in [-0.4, -0.2) is 24.8 Å². The highest BCUT2D eigenvalue weighted by molar-refractivity contribution is 5.81. The van der Waals surface area contributed by atoms with Crippen molar-refractivity contribution in [2.45, 2.75) is 6.92 Å². The molecule has 0 aromatic heterocycles. The summed E-state index contributed by atoms with van der Waals surface area (Å²) in [6.07, 6.45) is 2.91. The summed E-state index contributed by atoms with van der Waals surface area (Å²) in [6.45, 7) is 1.85. The molecule has 0 aliphatic carbocycles. The van der Waals surface area contributed by atoms with E-state index in [-0.39, 0.29) is 18.5 Å². The summed E-state index contributed by atoms with van der Waals surface area (Å²) in [4.78, 5) is 10.4. The van der Waals surface area contributed by atoms with Crippen molar-refractivity contribution < 1.29 is 14.6 Å². The van der Waals surface area contributed by atoms with E-state index in [1.807, 2.05) is 0 Å². The molecule has 0 fully saturated rings. The molecule has 3 nitrogen and oxygen atoms in total. The van der Waals surface area contributed by atoms with Crippen LogP contribution in [0.25, 0.3) is 0 Å². The number of hydrogen-bond acceptors (Lipinski definition) is 3. The van der Waals surface area contributed by atoms with Gasteiger partial charge in [0.2, 0.25) is 0 Å². The molecule has 0 aromatic carbocycles. The molecule has 3 heteroatoms. The summed E-state index contributed by atoms with van der Waals surface area (Å²) >= 11 is 0. The molecule has 0 unspecified atom stereocenters. The second-order valence-electron chi connectivity index (χ2n) is 2.04. The fourth-order valence-corrected chi connectivity index (χ4v) is 0.372. The van der Waals surface area contributed by atoms with Crippen molar-refractivity contribution in [2.24, 2.45) is 5.92 Å². The number of aliphatic hydroxyl groups is 1. The van der Waals surface area contributed by atoms with Crippen LogP contribution < -0.4 is 0 Å². The number of methoxy groups -OCH3 is 1. The third-order valence-electron chi connectivity index (χ3n) is 1.05. The Labute approximate surface area is 60.3 Å². The predicted octanol–water partition coefficient (Wildman–Crippen LogP) is 0.344. The Morgan fingerprint density at radius 3 is 2.80 bits per heavy atom. The highest BCUT2D eigenvalue weighted by atomic mass is 16.5. The van der Waals surface area contributed by atoms with Gasteiger partial charge in [-0.2, -0.15) is 0 Å². The molecular weight excluding hydrogens is 132 g/mol. The average molecular weight is 144 g/mol. The number of ether oxygens (including phenoxy) is 1. The maximum atomic E-state index is 10.4. The van der Waals surface area contributed by atoms with Crippen LogP contribution in [-0.2, 0) is 9.53 Å². The molecule has 0 aliphatic heterocycles. The second kappa shape index (κ2) is 4.99. The first-order valence-corrected chi connectivity index (χ1v) is 3.07. The number of esters is 1. The van der Waals surface area contributed by atoms with Gasteiger partial charge in [0.05, 0.1) is 7.11 Å². The molecule has 1 atom stereocenters. The quantitative estimate of drug-likeness (QED) is 0.459. The van der Waals surface area contributed by atoms with E-state index in [1.165, 1.54) is 13.2 Å². The molecule has 0 bridgehead atoms. The lowest BCUT2D eigenvalue weighted by molar-refractivity contribution is -0.134. The van der Waals surface area contributed by atoms with E-state index in [1.54, 1.807) is 13.0 Å².